The van der Waals surface area contributed by atoms with E-state index in [0.29, 0.717) is 0 Å². The predicted molar refractivity (Wildman–Crippen MR) is 96.2 cm³/mol. The molecular formula is C21H20FN3. The van der Waals surface area contributed by atoms with Gasteiger partial charge in [-0.2, -0.15) is 4.39 Å². The summed E-state index contributed by atoms with van der Waals surface area (Å²) in [5.41, 5.74) is 4.09. The molecule has 0 radical (unpaired) electrons. The molecule has 0 saturated carbocycles. The maximum atomic E-state index is 13.0. The highest BCUT2D eigenvalue weighted by atomic mass is 19.1. The van der Waals surface area contributed by atoms with Crippen molar-refractivity contribution in [2.75, 3.05) is 0 Å². The molecule has 0 saturated heterocycles. The summed E-state index contributed by atoms with van der Waals surface area (Å²) in [5.74, 6) is -0.462. The number of aromatic amines is 1. The maximum Gasteiger partial charge on any atom is 0.212 e. The molecule has 0 spiro atoms. The fraction of sp³-hybridized carbons (Fsp3) is 0.238. The Bertz CT molecular complexity index is 1000. The first kappa shape index (κ1) is 15.8. The van der Waals surface area contributed by atoms with E-state index in [1.807, 2.05) is 6.07 Å². The molecule has 3 aromatic rings. The molecule has 0 fully saturated rings. The molecule has 1 aliphatic rings. The number of halogens is 1. The van der Waals surface area contributed by atoms with Gasteiger partial charge in [0, 0.05) is 22.5 Å². The molecule has 0 bridgehead atoms. The Kier molecular flexibility index (Phi) is 3.75. The summed E-state index contributed by atoms with van der Waals surface area (Å²) in [4.78, 5) is 12.1. The molecule has 25 heavy (non-hydrogen) atoms. The van der Waals surface area contributed by atoms with E-state index in [1.165, 1.54) is 11.6 Å². The second-order valence-corrected chi connectivity index (χ2v) is 6.98. The normalized spacial score (nSPS) is 16.7. The van der Waals surface area contributed by atoms with Crippen molar-refractivity contribution < 1.29 is 4.39 Å². The minimum Gasteiger partial charge on any atom is -0.343 e. The van der Waals surface area contributed by atoms with Gasteiger partial charge in [0.25, 0.3) is 0 Å². The SMILES string of the molecule is CC(C)(c1ccccc1)c1cc2c([nH]1)=NC(c1ccc(F)nc1)CC=2. The Morgan fingerprint density at radius 1 is 1.12 bits per heavy atom. The number of fused-ring (bicyclic) bond motifs is 1. The van der Waals surface area contributed by atoms with Crippen LogP contribution >= 0.6 is 0 Å². The molecule has 1 N–H and O–H groups in total. The van der Waals surface area contributed by atoms with Crippen LogP contribution < -0.4 is 10.7 Å². The van der Waals surface area contributed by atoms with Crippen molar-refractivity contribution in [1.29, 1.82) is 0 Å². The zero-order chi connectivity index (χ0) is 17.4. The summed E-state index contributed by atoms with van der Waals surface area (Å²) in [6.45, 7) is 4.42. The molecule has 0 aliphatic carbocycles. The van der Waals surface area contributed by atoms with Crippen molar-refractivity contribution in [2.45, 2.75) is 31.7 Å². The molecule has 2 aromatic heterocycles. The van der Waals surface area contributed by atoms with Crippen LogP contribution in [0.25, 0.3) is 6.08 Å². The summed E-state index contributed by atoms with van der Waals surface area (Å²) >= 11 is 0. The van der Waals surface area contributed by atoms with Crippen molar-refractivity contribution in [2.24, 2.45) is 4.99 Å². The van der Waals surface area contributed by atoms with E-state index in [2.05, 4.69) is 60.2 Å². The van der Waals surface area contributed by atoms with E-state index in [0.717, 1.165) is 28.4 Å². The van der Waals surface area contributed by atoms with Crippen molar-refractivity contribution in [3.8, 4) is 0 Å². The van der Waals surface area contributed by atoms with E-state index in [9.17, 15) is 4.39 Å². The van der Waals surface area contributed by atoms with E-state index in [-0.39, 0.29) is 11.5 Å². The number of nitrogens with zero attached hydrogens (tertiary/aromatic N) is 2. The molecule has 1 atom stereocenters. The standard InChI is InChI=1S/C21H20FN3/c1-21(2,16-6-4-3-5-7-16)18-12-14-8-10-17(24-20(14)25-18)15-9-11-19(22)23-13-15/h3-9,11-13,17H,10H2,1-2H3,(H,24,25). The zero-order valence-electron chi connectivity index (χ0n) is 14.3. The molecule has 1 aliphatic heterocycles. The van der Waals surface area contributed by atoms with Crippen LogP contribution in [0.15, 0.2) is 59.7 Å². The molecule has 126 valence electrons. The van der Waals surface area contributed by atoms with Crippen molar-refractivity contribution in [3.63, 3.8) is 0 Å². The van der Waals surface area contributed by atoms with Crippen molar-refractivity contribution >= 4 is 6.08 Å². The van der Waals surface area contributed by atoms with E-state index in [1.54, 1.807) is 12.3 Å². The molecule has 4 heteroatoms. The molecule has 4 rings (SSSR count). The third-order valence-corrected chi connectivity index (χ3v) is 4.98. The number of hydrogen-bond donors (Lipinski definition) is 1. The quantitative estimate of drug-likeness (QED) is 0.733. The van der Waals surface area contributed by atoms with Crippen LogP contribution in [-0.2, 0) is 5.41 Å². The Labute approximate surface area is 146 Å². The van der Waals surface area contributed by atoms with E-state index in [4.69, 9.17) is 4.99 Å². The zero-order valence-corrected chi connectivity index (χ0v) is 14.3. The lowest BCUT2D eigenvalue weighted by Gasteiger charge is -2.24. The van der Waals surface area contributed by atoms with Crippen LogP contribution in [0.4, 0.5) is 4.39 Å². The van der Waals surface area contributed by atoms with Crippen LogP contribution in [0.5, 0.6) is 0 Å². The summed E-state index contributed by atoms with van der Waals surface area (Å²) in [6.07, 6.45) is 4.56. The minimum atomic E-state index is -0.462. The third-order valence-electron chi connectivity index (χ3n) is 4.98. The number of pyridine rings is 1. The summed E-state index contributed by atoms with van der Waals surface area (Å²) in [6, 6.07) is 15.8. The molecular weight excluding hydrogens is 313 g/mol. The molecule has 0 amide bonds. The monoisotopic (exact) mass is 333 g/mol. The maximum absolute atomic E-state index is 13.0. The second-order valence-electron chi connectivity index (χ2n) is 6.98. The smallest absolute Gasteiger partial charge is 0.212 e. The van der Waals surface area contributed by atoms with Gasteiger partial charge in [0.05, 0.1) is 6.04 Å². The van der Waals surface area contributed by atoms with Crippen LogP contribution in [0.1, 0.15) is 43.1 Å². The first-order valence-corrected chi connectivity index (χ1v) is 8.48. The van der Waals surface area contributed by atoms with Crippen LogP contribution in [0, 0.1) is 5.95 Å². The number of H-pyrrole nitrogens is 1. The lowest BCUT2D eigenvalue weighted by molar-refractivity contribution is 0.579. The van der Waals surface area contributed by atoms with Crippen molar-refractivity contribution in [3.05, 3.63) is 88.2 Å². The highest BCUT2D eigenvalue weighted by Gasteiger charge is 2.25. The second kappa shape index (κ2) is 5.96. The van der Waals surface area contributed by atoms with Crippen LogP contribution in [0.3, 0.4) is 0 Å². The van der Waals surface area contributed by atoms with Gasteiger partial charge >= 0.3 is 0 Å². The average Bonchev–Trinajstić information content (AvgIpc) is 3.07. The van der Waals surface area contributed by atoms with Gasteiger partial charge in [-0.25, -0.2) is 4.98 Å². The first-order valence-electron chi connectivity index (χ1n) is 8.48. The number of benzene rings is 1. The van der Waals surface area contributed by atoms with Gasteiger partial charge < -0.3 is 4.98 Å². The molecule has 3 nitrogen and oxygen atoms in total. The fourth-order valence-corrected chi connectivity index (χ4v) is 3.31. The van der Waals surface area contributed by atoms with Gasteiger partial charge in [0.2, 0.25) is 5.95 Å². The molecule has 1 aromatic carbocycles. The molecule has 1 unspecified atom stereocenters. The topological polar surface area (TPSA) is 41.0 Å². The number of aromatic nitrogens is 2. The lowest BCUT2D eigenvalue weighted by atomic mass is 9.81. The fourth-order valence-electron chi connectivity index (χ4n) is 3.31. The van der Waals surface area contributed by atoms with E-state index < -0.39 is 5.95 Å². The highest BCUT2D eigenvalue weighted by Crippen LogP contribution is 2.29. The highest BCUT2D eigenvalue weighted by molar-refractivity contribution is 5.37. The Hall–Kier alpha value is -2.75. The lowest BCUT2D eigenvalue weighted by Crippen LogP contribution is -2.27. The summed E-state index contributed by atoms with van der Waals surface area (Å²) in [5, 5.41) is 1.13. The van der Waals surface area contributed by atoms with Crippen LogP contribution in [0.2, 0.25) is 0 Å². The van der Waals surface area contributed by atoms with Gasteiger partial charge in [0.1, 0.15) is 5.49 Å². The van der Waals surface area contributed by atoms with Crippen molar-refractivity contribution in [1.82, 2.24) is 9.97 Å². The third kappa shape index (κ3) is 2.88. The largest absolute Gasteiger partial charge is 0.343 e. The first-order chi connectivity index (χ1) is 12.0. The summed E-state index contributed by atoms with van der Waals surface area (Å²) < 4.78 is 13.0. The Morgan fingerprint density at radius 3 is 2.64 bits per heavy atom. The van der Waals surface area contributed by atoms with Gasteiger partial charge in [-0.05, 0) is 29.7 Å². The number of rotatable bonds is 3. The minimum absolute atomic E-state index is 0.0214. The predicted octanol–water partition coefficient (Wildman–Crippen LogP) is 3.42. The molecule has 3 heterocycles. The average molecular weight is 333 g/mol. The van der Waals surface area contributed by atoms with Gasteiger partial charge in [-0.15, -0.1) is 0 Å². The Balaban J connectivity index is 1.73. The summed E-state index contributed by atoms with van der Waals surface area (Å²) in [7, 11) is 0. The Morgan fingerprint density at radius 2 is 1.92 bits per heavy atom. The van der Waals surface area contributed by atoms with E-state index >= 15 is 0 Å². The number of hydrogen-bond acceptors (Lipinski definition) is 2. The van der Waals surface area contributed by atoms with Gasteiger partial charge in [-0.1, -0.05) is 56.3 Å². The van der Waals surface area contributed by atoms with Gasteiger partial charge in [0.15, 0.2) is 0 Å². The number of nitrogens with one attached hydrogen (secondary N) is 1. The van der Waals surface area contributed by atoms with Crippen LogP contribution in [-0.4, -0.2) is 9.97 Å². The van der Waals surface area contributed by atoms with Gasteiger partial charge in [-0.3, -0.25) is 4.99 Å².